The Hall–Kier alpha value is -1.64. The molecule has 0 amide bonds. The molecule has 7 nitrogen and oxygen atoms in total. The monoisotopic (exact) mass is 368 g/mol. The van der Waals surface area contributed by atoms with Crippen molar-refractivity contribution in [1.29, 1.82) is 0 Å². The first kappa shape index (κ1) is 18.2. The first-order chi connectivity index (χ1) is 11.9. The molecule has 25 heavy (non-hydrogen) atoms. The Morgan fingerprint density at radius 2 is 2.12 bits per heavy atom. The van der Waals surface area contributed by atoms with E-state index in [0.29, 0.717) is 17.7 Å². The van der Waals surface area contributed by atoms with Crippen molar-refractivity contribution in [2.75, 3.05) is 13.2 Å². The van der Waals surface area contributed by atoms with Gasteiger partial charge in [0.15, 0.2) is 6.10 Å². The Morgan fingerprint density at radius 1 is 1.40 bits per heavy atom. The Labute approximate surface area is 147 Å². The normalized spacial score (nSPS) is 21.6. The van der Waals surface area contributed by atoms with Gasteiger partial charge in [-0.1, -0.05) is 12.8 Å². The zero-order valence-corrected chi connectivity index (χ0v) is 15.1. The summed E-state index contributed by atoms with van der Waals surface area (Å²) in [4.78, 5) is 12.0. The number of fused-ring (bicyclic) bond motifs is 1. The fourth-order valence-electron chi connectivity index (χ4n) is 3.50. The smallest absolute Gasteiger partial charge is 0.347 e. The molecule has 1 fully saturated rings. The molecule has 1 aliphatic carbocycles. The van der Waals surface area contributed by atoms with Gasteiger partial charge in [-0.05, 0) is 43.5 Å². The largest absolute Gasteiger partial charge is 0.478 e. The number of carbonyl (C=O) groups is 1. The average Bonchev–Trinajstić information content (AvgIpc) is 3.21. The standard InChI is InChI=1S/C17H24N2O5S/c1-2-23-16(20)15-10-12-9-13(5-6-14(12)24-15)25(21,22)19-17(11-18)7-3-4-8-17/h5-6,9,15,19H,2-4,7-8,10-11,18H2,1H3. The summed E-state index contributed by atoms with van der Waals surface area (Å²) in [6.07, 6.45) is 3.03. The number of sulfonamides is 1. The van der Waals surface area contributed by atoms with E-state index in [9.17, 15) is 13.2 Å². The molecule has 1 unspecified atom stereocenters. The second-order valence-corrected chi connectivity index (χ2v) is 8.31. The van der Waals surface area contributed by atoms with E-state index in [0.717, 1.165) is 25.7 Å². The summed E-state index contributed by atoms with van der Waals surface area (Å²) in [6.45, 7) is 2.29. The highest BCUT2D eigenvalue weighted by molar-refractivity contribution is 7.89. The van der Waals surface area contributed by atoms with Crippen LogP contribution in [0.2, 0.25) is 0 Å². The molecule has 3 N–H and O–H groups in total. The van der Waals surface area contributed by atoms with Gasteiger partial charge in [0, 0.05) is 18.5 Å². The van der Waals surface area contributed by atoms with Gasteiger partial charge in [0.1, 0.15) is 5.75 Å². The number of rotatable bonds is 6. The van der Waals surface area contributed by atoms with Crippen LogP contribution >= 0.6 is 0 Å². The predicted octanol–water partition coefficient (Wildman–Crippen LogP) is 1.10. The molecule has 0 radical (unpaired) electrons. The Kier molecular flexibility index (Phi) is 5.04. The van der Waals surface area contributed by atoms with E-state index in [1.165, 1.54) is 6.07 Å². The van der Waals surface area contributed by atoms with E-state index in [1.54, 1.807) is 19.1 Å². The lowest BCUT2D eigenvalue weighted by atomic mass is 10.0. The first-order valence-corrected chi connectivity index (χ1v) is 10.1. The third-order valence-electron chi connectivity index (χ3n) is 4.87. The first-order valence-electron chi connectivity index (χ1n) is 8.59. The van der Waals surface area contributed by atoms with Crippen LogP contribution in [0.3, 0.4) is 0 Å². The SMILES string of the molecule is CCOC(=O)C1Cc2cc(S(=O)(=O)NC3(CN)CCCC3)ccc2O1. The molecule has 0 spiro atoms. The summed E-state index contributed by atoms with van der Waals surface area (Å²) < 4.78 is 38.9. The van der Waals surface area contributed by atoms with Gasteiger partial charge in [-0.2, -0.15) is 0 Å². The van der Waals surface area contributed by atoms with Gasteiger partial charge in [0.05, 0.1) is 11.5 Å². The van der Waals surface area contributed by atoms with Crippen molar-refractivity contribution in [1.82, 2.24) is 4.72 Å². The van der Waals surface area contributed by atoms with Gasteiger partial charge in [-0.25, -0.2) is 17.9 Å². The van der Waals surface area contributed by atoms with E-state index >= 15 is 0 Å². The second-order valence-electron chi connectivity index (χ2n) is 6.63. The molecule has 8 heteroatoms. The summed E-state index contributed by atoms with van der Waals surface area (Å²) >= 11 is 0. The molecule has 3 rings (SSSR count). The zero-order chi connectivity index (χ0) is 18.1. The molecule has 1 aromatic rings. The maximum absolute atomic E-state index is 12.8. The highest BCUT2D eigenvalue weighted by Crippen LogP contribution is 2.33. The molecule has 1 aliphatic heterocycles. The molecular weight excluding hydrogens is 344 g/mol. The van der Waals surface area contributed by atoms with Crippen LogP contribution in [0.4, 0.5) is 0 Å². The van der Waals surface area contributed by atoms with Gasteiger partial charge < -0.3 is 15.2 Å². The van der Waals surface area contributed by atoms with E-state index in [2.05, 4.69) is 4.72 Å². The number of benzene rings is 1. The van der Waals surface area contributed by atoms with Crippen molar-refractivity contribution in [3.8, 4) is 5.75 Å². The van der Waals surface area contributed by atoms with Gasteiger partial charge in [0.25, 0.3) is 0 Å². The molecule has 1 aromatic carbocycles. The van der Waals surface area contributed by atoms with Crippen molar-refractivity contribution < 1.29 is 22.7 Å². The van der Waals surface area contributed by atoms with Crippen molar-refractivity contribution in [2.24, 2.45) is 5.73 Å². The predicted molar refractivity (Wildman–Crippen MR) is 91.8 cm³/mol. The van der Waals surface area contributed by atoms with Gasteiger partial charge in [0.2, 0.25) is 10.0 Å². The maximum atomic E-state index is 12.8. The van der Waals surface area contributed by atoms with E-state index in [1.807, 2.05) is 0 Å². The lowest BCUT2D eigenvalue weighted by Gasteiger charge is -2.28. The van der Waals surface area contributed by atoms with Crippen LogP contribution in [0, 0.1) is 0 Å². The minimum Gasteiger partial charge on any atom is -0.478 e. The minimum absolute atomic E-state index is 0.166. The third-order valence-corrected chi connectivity index (χ3v) is 6.44. The van der Waals surface area contributed by atoms with Crippen LogP contribution in [0.1, 0.15) is 38.2 Å². The number of hydrogen-bond donors (Lipinski definition) is 2. The lowest BCUT2D eigenvalue weighted by molar-refractivity contribution is -0.150. The molecule has 1 heterocycles. The summed E-state index contributed by atoms with van der Waals surface area (Å²) in [5.41, 5.74) is 5.96. The number of esters is 1. The van der Waals surface area contributed by atoms with Crippen LogP contribution in [0.25, 0.3) is 0 Å². The van der Waals surface area contributed by atoms with Crippen molar-refractivity contribution in [3.63, 3.8) is 0 Å². The maximum Gasteiger partial charge on any atom is 0.347 e. The summed E-state index contributed by atoms with van der Waals surface area (Å²) in [5, 5.41) is 0. The van der Waals surface area contributed by atoms with Crippen LogP contribution in [0.5, 0.6) is 5.75 Å². The van der Waals surface area contributed by atoms with Crippen molar-refractivity contribution in [3.05, 3.63) is 23.8 Å². The van der Waals surface area contributed by atoms with Gasteiger partial charge in [-0.15, -0.1) is 0 Å². The molecule has 138 valence electrons. The summed E-state index contributed by atoms with van der Waals surface area (Å²) in [6, 6.07) is 4.65. The molecule has 2 aliphatic rings. The number of ether oxygens (including phenoxy) is 2. The Balaban J connectivity index is 1.79. The van der Waals surface area contributed by atoms with E-state index < -0.39 is 27.6 Å². The van der Waals surface area contributed by atoms with E-state index in [-0.39, 0.29) is 18.0 Å². The zero-order valence-electron chi connectivity index (χ0n) is 14.3. The van der Waals surface area contributed by atoms with Crippen LogP contribution < -0.4 is 15.2 Å². The highest BCUT2D eigenvalue weighted by Gasteiger charge is 2.37. The van der Waals surface area contributed by atoms with Crippen LogP contribution in [-0.2, 0) is 26.0 Å². The molecule has 1 saturated carbocycles. The molecular formula is C17H24N2O5S. The third kappa shape index (κ3) is 3.65. The van der Waals surface area contributed by atoms with Gasteiger partial charge >= 0.3 is 5.97 Å². The number of nitrogens with one attached hydrogen (secondary N) is 1. The van der Waals surface area contributed by atoms with E-state index in [4.69, 9.17) is 15.2 Å². The summed E-state index contributed by atoms with van der Waals surface area (Å²) in [7, 11) is -3.69. The fourth-order valence-corrected chi connectivity index (χ4v) is 5.02. The number of nitrogens with two attached hydrogens (primary N) is 1. The lowest BCUT2D eigenvalue weighted by Crippen LogP contribution is -2.51. The fraction of sp³-hybridized carbons (Fsp3) is 0.588. The number of carbonyl (C=O) groups excluding carboxylic acids is 1. The second kappa shape index (κ2) is 6.93. The minimum atomic E-state index is -3.69. The molecule has 0 saturated heterocycles. The topological polar surface area (TPSA) is 108 Å². The summed E-state index contributed by atoms with van der Waals surface area (Å²) in [5.74, 6) is 0.0840. The van der Waals surface area contributed by atoms with Crippen molar-refractivity contribution >= 4 is 16.0 Å². The molecule has 0 bridgehead atoms. The van der Waals surface area contributed by atoms with Crippen LogP contribution in [-0.4, -0.2) is 39.2 Å². The van der Waals surface area contributed by atoms with Crippen LogP contribution in [0.15, 0.2) is 23.1 Å². The number of hydrogen-bond acceptors (Lipinski definition) is 6. The average molecular weight is 368 g/mol. The highest BCUT2D eigenvalue weighted by atomic mass is 32.2. The Bertz CT molecular complexity index is 756. The quantitative estimate of drug-likeness (QED) is 0.728. The molecule has 1 atom stereocenters. The Morgan fingerprint density at radius 3 is 2.76 bits per heavy atom. The van der Waals surface area contributed by atoms with Gasteiger partial charge in [-0.3, -0.25) is 0 Å². The molecule has 0 aromatic heterocycles. The van der Waals surface area contributed by atoms with Crippen molar-refractivity contribution in [2.45, 2.75) is 55.6 Å².